The summed E-state index contributed by atoms with van der Waals surface area (Å²) < 4.78 is 0. The second kappa shape index (κ2) is 5.13. The van der Waals surface area contributed by atoms with Gasteiger partial charge in [-0.05, 0) is 17.4 Å². The van der Waals surface area contributed by atoms with E-state index < -0.39 is 0 Å². The predicted octanol–water partition coefficient (Wildman–Crippen LogP) is 3.50. The monoisotopic (exact) mass is 204 g/mol. The number of benzene rings is 1. The highest BCUT2D eigenvalue weighted by Crippen LogP contribution is 2.22. The molecule has 1 unspecified atom stereocenters. The van der Waals surface area contributed by atoms with Gasteiger partial charge in [-0.1, -0.05) is 63.3 Å². The van der Waals surface area contributed by atoms with Crippen LogP contribution in [0.2, 0.25) is 0 Å². The molecule has 0 saturated heterocycles. The first-order valence-electron chi connectivity index (χ1n) is 5.40. The molecular formula is C14H20O. The Balaban J connectivity index is 2.48. The van der Waals surface area contributed by atoms with Gasteiger partial charge >= 0.3 is 0 Å². The lowest BCUT2D eigenvalue weighted by Gasteiger charge is -2.24. The molecule has 15 heavy (non-hydrogen) atoms. The van der Waals surface area contributed by atoms with E-state index in [1.807, 2.05) is 45.0 Å². The smallest absolute Gasteiger partial charge is 0.0622 e. The molecule has 0 fully saturated rings. The van der Waals surface area contributed by atoms with E-state index in [0.717, 1.165) is 0 Å². The van der Waals surface area contributed by atoms with Crippen molar-refractivity contribution in [2.75, 3.05) is 0 Å². The Morgan fingerprint density at radius 3 is 2.33 bits per heavy atom. The molecule has 1 heteroatoms. The lowest BCUT2D eigenvalue weighted by atomic mass is 9.87. The number of hydrogen-bond donors (Lipinski definition) is 1. The van der Waals surface area contributed by atoms with E-state index in [1.54, 1.807) is 0 Å². The van der Waals surface area contributed by atoms with E-state index in [0.29, 0.717) is 6.42 Å². The lowest BCUT2D eigenvalue weighted by Crippen LogP contribution is -2.24. The maximum absolute atomic E-state index is 9.81. The Bertz CT molecular complexity index is 306. The second-order valence-corrected chi connectivity index (χ2v) is 4.93. The first-order valence-corrected chi connectivity index (χ1v) is 5.40. The maximum atomic E-state index is 9.81. The molecule has 0 aliphatic rings. The molecule has 1 aromatic carbocycles. The summed E-state index contributed by atoms with van der Waals surface area (Å²) in [5.41, 5.74) is 1.14. The summed E-state index contributed by atoms with van der Waals surface area (Å²) in [5.74, 6) is 0. The Kier molecular flexibility index (Phi) is 4.10. The van der Waals surface area contributed by atoms with Crippen LogP contribution in [0.4, 0.5) is 0 Å². The zero-order valence-corrected chi connectivity index (χ0v) is 9.77. The quantitative estimate of drug-likeness (QED) is 0.799. The van der Waals surface area contributed by atoms with E-state index in [9.17, 15) is 5.11 Å². The molecule has 82 valence electrons. The summed E-state index contributed by atoms with van der Waals surface area (Å²) >= 11 is 0. The van der Waals surface area contributed by atoms with Crippen molar-refractivity contribution in [2.45, 2.75) is 33.3 Å². The average molecular weight is 204 g/mol. The molecule has 1 N–H and O–H groups in total. The van der Waals surface area contributed by atoms with Gasteiger partial charge < -0.3 is 5.11 Å². The molecule has 0 aliphatic heterocycles. The molecular weight excluding hydrogens is 184 g/mol. The minimum atomic E-state index is -0.280. The van der Waals surface area contributed by atoms with Crippen molar-refractivity contribution in [1.29, 1.82) is 0 Å². The van der Waals surface area contributed by atoms with E-state index >= 15 is 0 Å². The molecule has 1 aromatic rings. The number of aliphatic hydroxyl groups excluding tert-OH is 1. The van der Waals surface area contributed by atoms with Gasteiger partial charge in [-0.2, -0.15) is 0 Å². The molecule has 0 aliphatic carbocycles. The average Bonchev–Trinajstić information content (AvgIpc) is 2.18. The summed E-state index contributed by atoms with van der Waals surface area (Å²) in [7, 11) is 0. The Morgan fingerprint density at radius 2 is 1.80 bits per heavy atom. The van der Waals surface area contributed by atoms with Crippen molar-refractivity contribution in [2.24, 2.45) is 5.41 Å². The van der Waals surface area contributed by atoms with Gasteiger partial charge in [-0.25, -0.2) is 0 Å². The lowest BCUT2D eigenvalue weighted by molar-refractivity contribution is 0.0661. The standard InChI is InChI=1S/C14H20O/c1-14(2,3)13(15)11-7-10-12-8-5-4-6-9-12/h4-10,13,15H,11H2,1-3H3/b10-7+. The first-order chi connectivity index (χ1) is 7.00. The van der Waals surface area contributed by atoms with Gasteiger partial charge in [0.15, 0.2) is 0 Å². The van der Waals surface area contributed by atoms with Crippen LogP contribution in [0, 0.1) is 5.41 Å². The van der Waals surface area contributed by atoms with Crippen LogP contribution in [0.15, 0.2) is 36.4 Å². The third-order valence-electron chi connectivity index (χ3n) is 2.47. The van der Waals surface area contributed by atoms with Crippen LogP contribution in [0.1, 0.15) is 32.8 Å². The number of hydrogen-bond acceptors (Lipinski definition) is 1. The van der Waals surface area contributed by atoms with Gasteiger partial charge in [-0.3, -0.25) is 0 Å². The molecule has 1 atom stereocenters. The topological polar surface area (TPSA) is 20.2 Å². The summed E-state index contributed by atoms with van der Waals surface area (Å²) in [5, 5.41) is 9.81. The first kappa shape index (κ1) is 12.0. The summed E-state index contributed by atoms with van der Waals surface area (Å²) in [6, 6.07) is 10.1. The summed E-state index contributed by atoms with van der Waals surface area (Å²) in [4.78, 5) is 0. The summed E-state index contributed by atoms with van der Waals surface area (Å²) in [6.45, 7) is 6.15. The fourth-order valence-corrected chi connectivity index (χ4v) is 1.25. The summed E-state index contributed by atoms with van der Waals surface area (Å²) in [6.07, 6.45) is 4.51. The van der Waals surface area contributed by atoms with Crippen molar-refractivity contribution in [1.82, 2.24) is 0 Å². The van der Waals surface area contributed by atoms with Crippen LogP contribution in [-0.2, 0) is 0 Å². The predicted molar refractivity (Wildman–Crippen MR) is 65.6 cm³/mol. The number of aliphatic hydroxyl groups is 1. The zero-order chi connectivity index (χ0) is 11.3. The highest BCUT2D eigenvalue weighted by molar-refractivity contribution is 5.48. The van der Waals surface area contributed by atoms with Crippen molar-refractivity contribution in [3.05, 3.63) is 42.0 Å². The molecule has 0 heterocycles. The van der Waals surface area contributed by atoms with Gasteiger partial charge in [0.1, 0.15) is 0 Å². The van der Waals surface area contributed by atoms with E-state index in [2.05, 4.69) is 18.2 Å². The molecule has 1 nitrogen and oxygen atoms in total. The zero-order valence-electron chi connectivity index (χ0n) is 9.77. The van der Waals surface area contributed by atoms with E-state index in [4.69, 9.17) is 0 Å². The van der Waals surface area contributed by atoms with Crippen molar-refractivity contribution in [3.63, 3.8) is 0 Å². The van der Waals surface area contributed by atoms with Crippen LogP contribution in [0.5, 0.6) is 0 Å². The third-order valence-corrected chi connectivity index (χ3v) is 2.47. The second-order valence-electron chi connectivity index (χ2n) is 4.93. The molecule has 0 aromatic heterocycles. The SMILES string of the molecule is CC(C)(C)C(O)C/C=C/c1ccccc1. The van der Waals surface area contributed by atoms with E-state index in [-0.39, 0.29) is 11.5 Å². The van der Waals surface area contributed by atoms with Crippen LogP contribution in [0.25, 0.3) is 6.08 Å². The van der Waals surface area contributed by atoms with Gasteiger partial charge in [0.25, 0.3) is 0 Å². The highest BCUT2D eigenvalue weighted by atomic mass is 16.3. The van der Waals surface area contributed by atoms with Gasteiger partial charge in [-0.15, -0.1) is 0 Å². The molecule has 0 spiro atoms. The van der Waals surface area contributed by atoms with Gasteiger partial charge in [0, 0.05) is 0 Å². The molecule has 1 rings (SSSR count). The minimum absolute atomic E-state index is 0.0406. The van der Waals surface area contributed by atoms with Crippen LogP contribution < -0.4 is 0 Å². The third kappa shape index (κ3) is 4.30. The van der Waals surface area contributed by atoms with Crippen molar-refractivity contribution in [3.8, 4) is 0 Å². The Morgan fingerprint density at radius 1 is 1.20 bits per heavy atom. The Labute approximate surface area is 92.5 Å². The number of rotatable bonds is 3. The highest BCUT2D eigenvalue weighted by Gasteiger charge is 2.20. The van der Waals surface area contributed by atoms with Gasteiger partial charge in [0.2, 0.25) is 0 Å². The maximum Gasteiger partial charge on any atom is 0.0622 e. The molecule has 0 bridgehead atoms. The van der Waals surface area contributed by atoms with E-state index in [1.165, 1.54) is 5.56 Å². The molecule has 0 saturated carbocycles. The molecule has 0 amide bonds. The molecule has 0 radical (unpaired) electrons. The van der Waals surface area contributed by atoms with Crippen LogP contribution >= 0.6 is 0 Å². The van der Waals surface area contributed by atoms with Gasteiger partial charge in [0.05, 0.1) is 6.10 Å². The fourth-order valence-electron chi connectivity index (χ4n) is 1.25. The largest absolute Gasteiger partial charge is 0.392 e. The fraction of sp³-hybridized carbons (Fsp3) is 0.429. The minimum Gasteiger partial charge on any atom is -0.392 e. The normalized spacial score (nSPS) is 14.4. The van der Waals surface area contributed by atoms with Crippen molar-refractivity contribution < 1.29 is 5.11 Å². The van der Waals surface area contributed by atoms with Crippen LogP contribution in [0.3, 0.4) is 0 Å². The van der Waals surface area contributed by atoms with Crippen molar-refractivity contribution >= 4 is 6.08 Å². The Hall–Kier alpha value is -1.08. The van der Waals surface area contributed by atoms with Crippen LogP contribution in [-0.4, -0.2) is 11.2 Å².